The molecule has 0 N–H and O–H groups in total. The molecule has 82 valence electrons. The van der Waals surface area contributed by atoms with E-state index in [0.29, 0.717) is 18.9 Å². The highest BCUT2D eigenvalue weighted by Gasteiger charge is 2.26. The maximum absolute atomic E-state index is 11.7. The van der Waals surface area contributed by atoms with Gasteiger partial charge in [-0.1, -0.05) is 21.1 Å². The Labute approximate surface area is 96.0 Å². The summed E-state index contributed by atoms with van der Waals surface area (Å²) >= 11 is 3.37. The smallest absolute Gasteiger partial charge is 0.236 e. The number of amides is 1. The second-order valence-electron chi connectivity index (χ2n) is 3.52. The van der Waals surface area contributed by atoms with Crippen molar-refractivity contribution in [3.05, 3.63) is 12.2 Å². The summed E-state index contributed by atoms with van der Waals surface area (Å²) in [5, 5.41) is 3.52. The van der Waals surface area contributed by atoms with Crippen LogP contribution in [0.5, 0.6) is 0 Å². The number of rotatable bonds is 3. The van der Waals surface area contributed by atoms with Gasteiger partial charge in [0.15, 0.2) is 6.33 Å². The summed E-state index contributed by atoms with van der Waals surface area (Å²) in [7, 11) is 0. The lowest BCUT2D eigenvalue weighted by Gasteiger charge is -2.29. The molecule has 2 rings (SSSR count). The fourth-order valence-electron chi connectivity index (χ4n) is 1.65. The third-order valence-corrected chi connectivity index (χ3v) is 3.32. The molecule has 1 aliphatic heterocycles. The molecule has 1 aromatic rings. The minimum absolute atomic E-state index is 0.0195. The number of halogens is 1. The predicted molar refractivity (Wildman–Crippen MR) is 56.5 cm³/mol. The third-order valence-electron chi connectivity index (χ3n) is 2.47. The zero-order valence-electron chi connectivity index (χ0n) is 8.23. The summed E-state index contributed by atoms with van der Waals surface area (Å²) in [6.07, 6.45) is 3.98. The molecule has 1 fully saturated rings. The molecule has 15 heavy (non-hydrogen) atoms. The molecule has 6 heteroatoms. The van der Waals surface area contributed by atoms with Gasteiger partial charge < -0.3 is 9.42 Å². The molecular formula is C9H12BrN3O2. The summed E-state index contributed by atoms with van der Waals surface area (Å²) in [6, 6.07) is 0. The van der Waals surface area contributed by atoms with Crippen LogP contribution in [0.2, 0.25) is 0 Å². The summed E-state index contributed by atoms with van der Waals surface area (Å²) in [5.41, 5.74) is 0. The van der Waals surface area contributed by atoms with Gasteiger partial charge in [0.1, 0.15) is 0 Å². The number of hydrogen-bond acceptors (Lipinski definition) is 4. The van der Waals surface area contributed by atoms with Gasteiger partial charge in [-0.2, -0.15) is 4.98 Å². The Kier molecular flexibility index (Phi) is 3.35. The summed E-state index contributed by atoms with van der Waals surface area (Å²) in [6.45, 7) is 1.48. The molecule has 1 saturated heterocycles. The van der Waals surface area contributed by atoms with Crippen molar-refractivity contribution in [2.24, 2.45) is 0 Å². The van der Waals surface area contributed by atoms with Crippen molar-refractivity contribution in [3.63, 3.8) is 0 Å². The highest BCUT2D eigenvalue weighted by molar-refractivity contribution is 9.10. The fraction of sp³-hybridized carbons (Fsp3) is 0.667. The zero-order valence-corrected chi connectivity index (χ0v) is 9.81. The Morgan fingerprint density at radius 3 is 3.27 bits per heavy atom. The van der Waals surface area contributed by atoms with Crippen LogP contribution in [-0.4, -0.2) is 38.9 Å². The lowest BCUT2D eigenvalue weighted by atomic mass is 10.1. The predicted octanol–water partition coefficient (Wildman–Crippen LogP) is 0.998. The van der Waals surface area contributed by atoms with Gasteiger partial charge in [-0.15, -0.1) is 0 Å². The van der Waals surface area contributed by atoms with Gasteiger partial charge in [0.2, 0.25) is 11.8 Å². The first kappa shape index (κ1) is 10.6. The number of carbonyl (C=O) groups excluding carboxylic acids is 1. The summed E-state index contributed by atoms with van der Waals surface area (Å²) in [5.74, 6) is 0.750. The van der Waals surface area contributed by atoms with Crippen LogP contribution in [0.15, 0.2) is 10.9 Å². The van der Waals surface area contributed by atoms with Gasteiger partial charge in [-0.05, 0) is 12.8 Å². The van der Waals surface area contributed by atoms with Crippen LogP contribution >= 0.6 is 15.9 Å². The van der Waals surface area contributed by atoms with E-state index in [-0.39, 0.29) is 10.7 Å². The lowest BCUT2D eigenvalue weighted by Crippen LogP contribution is -2.42. The molecule has 1 aliphatic rings. The Balaban J connectivity index is 1.86. The average Bonchev–Trinajstić information content (AvgIpc) is 2.73. The maximum atomic E-state index is 11.7. The molecule has 1 atom stereocenters. The first-order chi connectivity index (χ1) is 7.27. The Morgan fingerprint density at radius 2 is 2.53 bits per heavy atom. The van der Waals surface area contributed by atoms with Crippen LogP contribution in [0.1, 0.15) is 18.7 Å². The van der Waals surface area contributed by atoms with E-state index in [1.165, 1.54) is 6.33 Å². The maximum Gasteiger partial charge on any atom is 0.236 e. The van der Waals surface area contributed by atoms with Crippen LogP contribution in [0.3, 0.4) is 0 Å². The molecule has 0 aromatic carbocycles. The van der Waals surface area contributed by atoms with Crippen molar-refractivity contribution >= 4 is 21.8 Å². The standard InChI is InChI=1S/C9H12BrN3O2/c10-7-2-1-4-13(9(7)14)5-3-8-11-6-12-15-8/h6-7H,1-5H2. The van der Waals surface area contributed by atoms with Gasteiger partial charge in [0, 0.05) is 19.5 Å². The van der Waals surface area contributed by atoms with Crippen molar-refractivity contribution in [1.82, 2.24) is 15.0 Å². The van der Waals surface area contributed by atoms with Crippen molar-refractivity contribution in [3.8, 4) is 0 Å². The Morgan fingerprint density at radius 1 is 1.67 bits per heavy atom. The van der Waals surface area contributed by atoms with Crippen molar-refractivity contribution in [2.75, 3.05) is 13.1 Å². The fourth-order valence-corrected chi connectivity index (χ4v) is 2.27. The van der Waals surface area contributed by atoms with E-state index in [1.54, 1.807) is 0 Å². The number of carbonyl (C=O) groups is 1. The number of nitrogens with zero attached hydrogens (tertiary/aromatic N) is 3. The van der Waals surface area contributed by atoms with Crippen molar-refractivity contribution < 1.29 is 9.32 Å². The Hall–Kier alpha value is -0.910. The molecule has 0 bridgehead atoms. The number of likely N-dealkylation sites (tertiary alicyclic amines) is 1. The minimum Gasteiger partial charge on any atom is -0.341 e. The quantitative estimate of drug-likeness (QED) is 0.771. The molecule has 0 radical (unpaired) electrons. The van der Waals surface area contributed by atoms with Crippen LogP contribution in [0.4, 0.5) is 0 Å². The van der Waals surface area contributed by atoms with Crippen LogP contribution < -0.4 is 0 Å². The number of hydrogen-bond donors (Lipinski definition) is 0. The van der Waals surface area contributed by atoms with E-state index in [1.807, 2.05) is 4.90 Å². The first-order valence-corrected chi connectivity index (χ1v) is 5.87. The number of piperidine rings is 1. The van der Waals surface area contributed by atoms with Crippen molar-refractivity contribution in [1.29, 1.82) is 0 Å². The van der Waals surface area contributed by atoms with E-state index in [0.717, 1.165) is 19.4 Å². The van der Waals surface area contributed by atoms with Gasteiger partial charge in [0.25, 0.3) is 0 Å². The van der Waals surface area contributed by atoms with Gasteiger partial charge in [-0.25, -0.2) is 0 Å². The highest BCUT2D eigenvalue weighted by Crippen LogP contribution is 2.18. The second kappa shape index (κ2) is 4.74. The molecule has 5 nitrogen and oxygen atoms in total. The monoisotopic (exact) mass is 273 g/mol. The van der Waals surface area contributed by atoms with E-state index in [2.05, 4.69) is 26.1 Å². The van der Waals surface area contributed by atoms with Gasteiger partial charge >= 0.3 is 0 Å². The van der Waals surface area contributed by atoms with E-state index in [4.69, 9.17) is 4.52 Å². The minimum atomic E-state index is -0.0195. The zero-order chi connectivity index (χ0) is 10.7. The average molecular weight is 274 g/mol. The van der Waals surface area contributed by atoms with Crippen LogP contribution in [0.25, 0.3) is 0 Å². The molecule has 0 spiro atoms. The second-order valence-corrected chi connectivity index (χ2v) is 4.63. The Bertz CT molecular complexity index is 328. The lowest BCUT2D eigenvalue weighted by molar-refractivity contribution is -0.132. The molecular weight excluding hydrogens is 262 g/mol. The molecule has 2 heterocycles. The highest BCUT2D eigenvalue weighted by atomic mass is 79.9. The largest absolute Gasteiger partial charge is 0.341 e. The van der Waals surface area contributed by atoms with E-state index < -0.39 is 0 Å². The molecule has 1 aromatic heterocycles. The van der Waals surface area contributed by atoms with Crippen LogP contribution in [-0.2, 0) is 11.2 Å². The normalized spacial score (nSPS) is 22.1. The SMILES string of the molecule is O=C1C(Br)CCCN1CCc1ncno1. The van der Waals surface area contributed by atoms with Gasteiger partial charge in [-0.3, -0.25) is 4.79 Å². The molecule has 0 aliphatic carbocycles. The van der Waals surface area contributed by atoms with Crippen molar-refractivity contribution in [2.45, 2.75) is 24.1 Å². The summed E-state index contributed by atoms with van der Waals surface area (Å²) < 4.78 is 4.88. The summed E-state index contributed by atoms with van der Waals surface area (Å²) in [4.78, 5) is 17.4. The third kappa shape index (κ3) is 2.56. The van der Waals surface area contributed by atoms with Gasteiger partial charge in [0.05, 0.1) is 4.83 Å². The number of alkyl halides is 1. The molecule has 1 amide bonds. The van der Waals surface area contributed by atoms with E-state index >= 15 is 0 Å². The first-order valence-electron chi connectivity index (χ1n) is 4.96. The molecule has 1 unspecified atom stereocenters. The molecule has 0 saturated carbocycles. The number of aromatic nitrogens is 2. The topological polar surface area (TPSA) is 59.2 Å². The van der Waals surface area contributed by atoms with Crippen LogP contribution in [0, 0.1) is 0 Å². The van der Waals surface area contributed by atoms with E-state index in [9.17, 15) is 4.79 Å².